The second-order valence-electron chi connectivity index (χ2n) is 7.33. The predicted molar refractivity (Wildman–Crippen MR) is 111 cm³/mol. The van der Waals surface area contributed by atoms with Crippen LogP contribution in [0.3, 0.4) is 0 Å². The molecule has 0 bridgehead atoms. The SMILES string of the molecule is CC[C@@H](c1ccc(Br)cc1)N1CC[C@](CC(O)CO)(c2ccc(F)cc2)OC1=O. The van der Waals surface area contributed by atoms with Crippen LogP contribution in [0.15, 0.2) is 53.0 Å². The van der Waals surface area contributed by atoms with E-state index in [-0.39, 0.29) is 12.5 Å². The molecule has 1 unspecified atom stereocenters. The maximum Gasteiger partial charge on any atom is 0.411 e. The summed E-state index contributed by atoms with van der Waals surface area (Å²) in [6.07, 6.45) is -0.342. The Labute approximate surface area is 178 Å². The highest BCUT2D eigenvalue weighted by Gasteiger charge is 2.45. The van der Waals surface area contributed by atoms with E-state index in [1.165, 1.54) is 12.1 Å². The van der Waals surface area contributed by atoms with Gasteiger partial charge in [0.1, 0.15) is 11.4 Å². The molecule has 29 heavy (non-hydrogen) atoms. The first kappa shape index (κ1) is 21.7. The van der Waals surface area contributed by atoms with Gasteiger partial charge in [0, 0.05) is 23.9 Å². The molecule has 0 aromatic heterocycles. The van der Waals surface area contributed by atoms with Gasteiger partial charge in [-0.15, -0.1) is 0 Å². The number of aliphatic hydroxyl groups is 2. The van der Waals surface area contributed by atoms with Crippen LogP contribution in [0.5, 0.6) is 0 Å². The number of hydrogen-bond acceptors (Lipinski definition) is 4. The molecule has 0 aliphatic carbocycles. The van der Waals surface area contributed by atoms with E-state index < -0.39 is 30.2 Å². The monoisotopic (exact) mass is 465 g/mol. The Morgan fingerprint density at radius 2 is 1.86 bits per heavy atom. The Hall–Kier alpha value is -1.96. The zero-order valence-electron chi connectivity index (χ0n) is 16.2. The molecular formula is C22H25BrFNO4. The highest BCUT2D eigenvalue weighted by Crippen LogP contribution is 2.41. The summed E-state index contributed by atoms with van der Waals surface area (Å²) >= 11 is 3.42. The first-order valence-corrected chi connectivity index (χ1v) is 10.5. The molecule has 7 heteroatoms. The van der Waals surface area contributed by atoms with Crippen LogP contribution in [-0.2, 0) is 10.3 Å². The maximum atomic E-state index is 13.4. The number of carbonyl (C=O) groups excluding carboxylic acids is 1. The summed E-state index contributed by atoms with van der Waals surface area (Å²) in [4.78, 5) is 14.7. The van der Waals surface area contributed by atoms with Crippen molar-refractivity contribution in [3.05, 3.63) is 69.9 Å². The topological polar surface area (TPSA) is 70.0 Å². The van der Waals surface area contributed by atoms with Crippen molar-refractivity contribution >= 4 is 22.0 Å². The van der Waals surface area contributed by atoms with Crippen molar-refractivity contribution in [1.82, 2.24) is 4.90 Å². The van der Waals surface area contributed by atoms with E-state index in [2.05, 4.69) is 15.9 Å². The van der Waals surface area contributed by atoms with E-state index in [1.54, 1.807) is 17.0 Å². The second-order valence-corrected chi connectivity index (χ2v) is 8.24. The van der Waals surface area contributed by atoms with Crippen molar-refractivity contribution in [2.24, 2.45) is 0 Å². The van der Waals surface area contributed by atoms with Gasteiger partial charge in [-0.3, -0.25) is 0 Å². The lowest BCUT2D eigenvalue weighted by Gasteiger charge is -2.44. The van der Waals surface area contributed by atoms with Crippen molar-refractivity contribution in [1.29, 1.82) is 0 Å². The number of cyclic esters (lactones) is 1. The zero-order chi connectivity index (χ0) is 21.0. The van der Waals surface area contributed by atoms with Crippen LogP contribution in [0.25, 0.3) is 0 Å². The third-order valence-corrected chi connectivity index (χ3v) is 5.97. The molecule has 2 N–H and O–H groups in total. The lowest BCUT2D eigenvalue weighted by Crippen LogP contribution is -2.50. The van der Waals surface area contributed by atoms with Gasteiger partial charge in [-0.25, -0.2) is 9.18 Å². The number of carbonyl (C=O) groups is 1. The van der Waals surface area contributed by atoms with Crippen LogP contribution in [0.2, 0.25) is 0 Å². The van der Waals surface area contributed by atoms with E-state index >= 15 is 0 Å². The molecular weight excluding hydrogens is 441 g/mol. The summed E-state index contributed by atoms with van der Waals surface area (Å²) in [7, 11) is 0. The fourth-order valence-corrected chi connectivity index (χ4v) is 4.20. The van der Waals surface area contributed by atoms with Gasteiger partial charge in [0.05, 0.1) is 18.8 Å². The van der Waals surface area contributed by atoms with Gasteiger partial charge < -0.3 is 19.8 Å². The molecule has 3 rings (SSSR count). The normalized spacial score (nSPS) is 21.6. The number of rotatable bonds is 7. The Kier molecular flexibility index (Phi) is 6.93. The summed E-state index contributed by atoms with van der Waals surface area (Å²) in [5, 5.41) is 19.4. The quantitative estimate of drug-likeness (QED) is 0.630. The van der Waals surface area contributed by atoms with Gasteiger partial charge in [0.15, 0.2) is 0 Å². The highest BCUT2D eigenvalue weighted by atomic mass is 79.9. The van der Waals surface area contributed by atoms with E-state index in [1.807, 2.05) is 31.2 Å². The summed E-state index contributed by atoms with van der Waals surface area (Å²) in [5.74, 6) is -0.392. The molecule has 1 aliphatic heterocycles. The third-order valence-electron chi connectivity index (χ3n) is 5.44. The minimum absolute atomic E-state index is 0.0454. The van der Waals surface area contributed by atoms with E-state index in [0.717, 1.165) is 16.5 Å². The molecule has 0 saturated carbocycles. The average molecular weight is 466 g/mol. The Bertz CT molecular complexity index is 830. The second kappa shape index (κ2) is 9.24. The number of benzene rings is 2. The molecule has 3 atom stereocenters. The molecule has 1 fully saturated rings. The van der Waals surface area contributed by atoms with Crippen LogP contribution in [-0.4, -0.2) is 40.5 Å². The molecule has 1 saturated heterocycles. The van der Waals surface area contributed by atoms with Crippen LogP contribution in [0, 0.1) is 5.82 Å². The molecule has 1 aliphatic rings. The van der Waals surface area contributed by atoms with E-state index in [9.17, 15) is 19.4 Å². The minimum Gasteiger partial charge on any atom is -0.438 e. The third kappa shape index (κ3) is 4.79. The number of ether oxygens (including phenoxy) is 1. The summed E-state index contributed by atoms with van der Waals surface area (Å²) < 4.78 is 20.3. The largest absolute Gasteiger partial charge is 0.438 e. The van der Waals surface area contributed by atoms with Crippen LogP contribution in [0.4, 0.5) is 9.18 Å². The van der Waals surface area contributed by atoms with Crippen LogP contribution in [0.1, 0.15) is 43.4 Å². The fourth-order valence-electron chi connectivity index (χ4n) is 3.94. The van der Waals surface area contributed by atoms with Crippen LogP contribution >= 0.6 is 15.9 Å². The molecule has 1 amide bonds. The molecule has 0 radical (unpaired) electrons. The highest BCUT2D eigenvalue weighted by molar-refractivity contribution is 9.10. The number of halogens is 2. The minimum atomic E-state index is -1.11. The van der Waals surface area contributed by atoms with Crippen molar-refractivity contribution in [2.45, 2.75) is 43.9 Å². The number of nitrogens with zero attached hydrogens (tertiary/aromatic N) is 1. The Morgan fingerprint density at radius 1 is 1.21 bits per heavy atom. The van der Waals surface area contributed by atoms with Gasteiger partial charge in [0.25, 0.3) is 0 Å². The van der Waals surface area contributed by atoms with Crippen molar-refractivity contribution < 1.29 is 24.1 Å². The fraction of sp³-hybridized carbons (Fsp3) is 0.409. The molecule has 0 spiro atoms. The van der Waals surface area contributed by atoms with E-state index in [4.69, 9.17) is 4.74 Å². The summed E-state index contributed by atoms with van der Waals surface area (Å²) in [5.41, 5.74) is 0.509. The molecule has 2 aromatic carbocycles. The van der Waals surface area contributed by atoms with Crippen molar-refractivity contribution in [2.75, 3.05) is 13.2 Å². The molecule has 2 aromatic rings. The molecule has 1 heterocycles. The summed E-state index contributed by atoms with van der Waals surface area (Å²) in [6.45, 7) is 1.99. The lowest BCUT2D eigenvalue weighted by molar-refractivity contribution is -0.0905. The van der Waals surface area contributed by atoms with Crippen molar-refractivity contribution in [3.8, 4) is 0 Å². The number of amides is 1. The molecule has 156 valence electrons. The maximum absolute atomic E-state index is 13.4. The van der Waals surface area contributed by atoms with Crippen LogP contribution < -0.4 is 0 Å². The predicted octanol–water partition coefficient (Wildman–Crippen LogP) is 4.52. The zero-order valence-corrected chi connectivity index (χ0v) is 17.8. The number of aliphatic hydroxyl groups excluding tert-OH is 2. The standard InChI is InChI=1S/C22H25BrFNO4/c1-2-20(15-3-7-17(23)8-4-15)25-12-11-22(29-21(25)28,13-19(27)14-26)16-5-9-18(24)10-6-16/h3-10,19-20,26-27H,2,11-14H2,1H3/t19?,20-,22-/m0/s1. The smallest absolute Gasteiger partial charge is 0.411 e. The first-order chi connectivity index (χ1) is 13.9. The van der Waals surface area contributed by atoms with Gasteiger partial charge in [-0.2, -0.15) is 0 Å². The number of hydrogen-bond donors (Lipinski definition) is 2. The van der Waals surface area contributed by atoms with Gasteiger partial charge in [-0.1, -0.05) is 47.1 Å². The Morgan fingerprint density at radius 3 is 2.41 bits per heavy atom. The summed E-state index contributed by atoms with van der Waals surface area (Å²) in [6, 6.07) is 13.4. The van der Waals surface area contributed by atoms with Gasteiger partial charge >= 0.3 is 6.09 Å². The Balaban J connectivity index is 1.87. The van der Waals surface area contributed by atoms with Gasteiger partial charge in [0.2, 0.25) is 0 Å². The van der Waals surface area contributed by atoms with Crippen molar-refractivity contribution in [3.63, 3.8) is 0 Å². The lowest BCUT2D eigenvalue weighted by atomic mass is 9.83. The molecule has 5 nitrogen and oxygen atoms in total. The van der Waals surface area contributed by atoms with E-state index in [0.29, 0.717) is 18.5 Å². The average Bonchev–Trinajstić information content (AvgIpc) is 2.71. The first-order valence-electron chi connectivity index (χ1n) is 9.68. The van der Waals surface area contributed by atoms with Gasteiger partial charge in [-0.05, 0) is 41.8 Å².